The minimum absolute atomic E-state index is 0.0155. The number of nitrogens with one attached hydrogen (secondary N) is 1. The van der Waals surface area contributed by atoms with E-state index in [1.807, 2.05) is 0 Å². The highest BCUT2D eigenvalue weighted by molar-refractivity contribution is 7.17. The van der Waals surface area contributed by atoms with Gasteiger partial charge in [0.25, 0.3) is 5.91 Å². The molecule has 1 amide bonds. The number of carbonyl (C=O) groups is 3. The molecule has 1 aromatic rings. The van der Waals surface area contributed by atoms with E-state index in [9.17, 15) is 24.5 Å². The van der Waals surface area contributed by atoms with E-state index < -0.39 is 35.2 Å². The van der Waals surface area contributed by atoms with Crippen LogP contribution in [0, 0.1) is 10.1 Å². The number of rotatable bonds is 7. The molecule has 0 spiro atoms. The second-order valence-electron chi connectivity index (χ2n) is 3.69. The van der Waals surface area contributed by atoms with E-state index in [4.69, 9.17) is 10.2 Å². The fourth-order valence-electron chi connectivity index (χ4n) is 1.30. The lowest BCUT2D eigenvalue weighted by molar-refractivity contribution is -0.380. The van der Waals surface area contributed by atoms with Gasteiger partial charge in [-0.05, 0) is 12.5 Å². The first kappa shape index (κ1) is 15.6. The van der Waals surface area contributed by atoms with Crippen molar-refractivity contribution >= 4 is 34.2 Å². The third-order valence-electron chi connectivity index (χ3n) is 2.25. The van der Waals surface area contributed by atoms with Crippen LogP contribution in [0.1, 0.15) is 22.5 Å². The molecule has 0 saturated carbocycles. The van der Waals surface area contributed by atoms with E-state index in [0.29, 0.717) is 11.3 Å². The van der Waals surface area contributed by atoms with Crippen molar-refractivity contribution in [2.24, 2.45) is 0 Å². The molecule has 1 heterocycles. The second kappa shape index (κ2) is 6.61. The molecule has 0 aliphatic carbocycles. The number of carboxylic acid groups (broad SMARTS) is 2. The average molecular weight is 302 g/mol. The van der Waals surface area contributed by atoms with Crippen molar-refractivity contribution in [2.75, 3.05) is 0 Å². The number of nitro groups is 1. The van der Waals surface area contributed by atoms with E-state index in [1.165, 1.54) is 6.07 Å². The molecule has 0 radical (unpaired) electrons. The quantitative estimate of drug-likeness (QED) is 0.496. The number of hydrogen-bond acceptors (Lipinski definition) is 6. The van der Waals surface area contributed by atoms with Crippen molar-refractivity contribution in [1.82, 2.24) is 5.32 Å². The molecule has 0 saturated heterocycles. The van der Waals surface area contributed by atoms with Gasteiger partial charge >= 0.3 is 16.9 Å². The van der Waals surface area contributed by atoms with Crippen molar-refractivity contribution in [3.63, 3.8) is 0 Å². The van der Waals surface area contributed by atoms with Crippen molar-refractivity contribution in [3.05, 3.63) is 27.1 Å². The monoisotopic (exact) mass is 302 g/mol. The minimum Gasteiger partial charge on any atom is -0.481 e. The summed E-state index contributed by atoms with van der Waals surface area (Å²) in [6, 6.07) is 0.973. The molecule has 0 aliphatic heterocycles. The van der Waals surface area contributed by atoms with Crippen molar-refractivity contribution in [3.8, 4) is 0 Å². The molecular formula is C10H10N2O7S. The van der Waals surface area contributed by atoms with Crippen molar-refractivity contribution in [2.45, 2.75) is 18.9 Å². The molecule has 1 rings (SSSR count). The second-order valence-corrected chi connectivity index (χ2v) is 4.75. The van der Waals surface area contributed by atoms with Gasteiger partial charge in [0.05, 0.1) is 9.80 Å². The molecule has 10 heteroatoms. The summed E-state index contributed by atoms with van der Waals surface area (Å²) in [6.07, 6.45) is -0.689. The summed E-state index contributed by atoms with van der Waals surface area (Å²) in [6.45, 7) is 0. The highest BCUT2D eigenvalue weighted by atomic mass is 32.1. The van der Waals surface area contributed by atoms with Crippen molar-refractivity contribution < 1.29 is 29.5 Å². The molecule has 3 N–H and O–H groups in total. The largest absolute Gasteiger partial charge is 0.481 e. The molecule has 0 bridgehead atoms. The van der Waals surface area contributed by atoms with E-state index >= 15 is 0 Å². The fourth-order valence-corrected chi connectivity index (χ4v) is 2.03. The Morgan fingerprint density at radius 1 is 1.35 bits per heavy atom. The van der Waals surface area contributed by atoms with E-state index in [-0.39, 0.29) is 16.3 Å². The highest BCUT2D eigenvalue weighted by Crippen LogP contribution is 2.23. The minimum atomic E-state index is -1.37. The van der Waals surface area contributed by atoms with Crippen LogP contribution in [-0.4, -0.2) is 39.0 Å². The molecule has 0 fully saturated rings. The predicted molar refractivity (Wildman–Crippen MR) is 66.7 cm³/mol. The molecule has 108 valence electrons. The standard InChI is InChI=1S/C10H10N2O7S/c13-8(14)4-1-5(10(16)17)11-9(15)6-2-3-7(20-6)12(18)19/h2-3,5H,1,4H2,(H,11,15)(H,13,14)(H,16,17)/t5-/m0/s1. The lowest BCUT2D eigenvalue weighted by Crippen LogP contribution is -2.40. The number of hydrogen-bond donors (Lipinski definition) is 3. The zero-order chi connectivity index (χ0) is 15.3. The molecule has 0 aliphatic rings. The van der Waals surface area contributed by atoms with Crippen LogP contribution in [0.5, 0.6) is 0 Å². The topological polar surface area (TPSA) is 147 Å². The Hall–Kier alpha value is -2.49. The van der Waals surface area contributed by atoms with Gasteiger partial charge in [0, 0.05) is 12.5 Å². The Morgan fingerprint density at radius 3 is 2.45 bits per heavy atom. The molecule has 20 heavy (non-hydrogen) atoms. The van der Waals surface area contributed by atoms with E-state index in [1.54, 1.807) is 0 Å². The molecule has 1 aromatic heterocycles. The van der Waals surface area contributed by atoms with Gasteiger partial charge < -0.3 is 15.5 Å². The first-order valence-electron chi connectivity index (χ1n) is 5.31. The molecule has 1 atom stereocenters. The van der Waals surface area contributed by atoms with Crippen LogP contribution in [0.25, 0.3) is 0 Å². The van der Waals surface area contributed by atoms with E-state index in [2.05, 4.69) is 5.32 Å². The summed E-state index contributed by atoms with van der Waals surface area (Å²) in [5.74, 6) is -3.34. The Morgan fingerprint density at radius 2 is 2.00 bits per heavy atom. The zero-order valence-corrected chi connectivity index (χ0v) is 10.8. The number of aliphatic carboxylic acids is 2. The van der Waals surface area contributed by atoms with Crippen LogP contribution in [0.3, 0.4) is 0 Å². The summed E-state index contributed by atoms with van der Waals surface area (Å²) in [5.41, 5.74) is 0. The Balaban J connectivity index is 2.72. The average Bonchev–Trinajstić information content (AvgIpc) is 2.83. The van der Waals surface area contributed by atoms with Crippen LogP contribution in [-0.2, 0) is 9.59 Å². The van der Waals surface area contributed by atoms with Gasteiger partial charge in [-0.25, -0.2) is 4.79 Å². The van der Waals surface area contributed by atoms with Crippen LogP contribution in [0.4, 0.5) is 5.00 Å². The van der Waals surface area contributed by atoms with E-state index in [0.717, 1.165) is 6.07 Å². The predicted octanol–water partition coefficient (Wildman–Crippen LogP) is 0.704. The number of carboxylic acids is 2. The third kappa shape index (κ3) is 4.31. The SMILES string of the molecule is O=C(O)CC[C@H](NC(=O)c1ccc([N+](=O)[O-])s1)C(=O)O. The van der Waals surface area contributed by atoms with Gasteiger partial charge in [0.15, 0.2) is 0 Å². The summed E-state index contributed by atoms with van der Waals surface area (Å²) in [4.78, 5) is 42.8. The number of amides is 1. The van der Waals surface area contributed by atoms with Crippen LogP contribution in [0.2, 0.25) is 0 Å². The van der Waals surface area contributed by atoms with Gasteiger partial charge in [0.2, 0.25) is 0 Å². The maximum atomic E-state index is 11.7. The number of nitrogens with zero attached hydrogens (tertiary/aromatic N) is 1. The Labute approximate surface area is 116 Å². The molecule has 0 unspecified atom stereocenters. The summed E-state index contributed by atoms with van der Waals surface area (Å²) >= 11 is 0.607. The first-order chi connectivity index (χ1) is 9.31. The fraction of sp³-hybridized carbons (Fsp3) is 0.300. The Bertz CT molecular complexity index is 554. The lowest BCUT2D eigenvalue weighted by atomic mass is 10.1. The Kier molecular flexibility index (Phi) is 5.15. The van der Waals surface area contributed by atoms with Gasteiger partial charge in [-0.15, -0.1) is 0 Å². The van der Waals surface area contributed by atoms with Gasteiger partial charge in [0.1, 0.15) is 6.04 Å². The maximum absolute atomic E-state index is 11.7. The van der Waals surface area contributed by atoms with Gasteiger partial charge in [-0.1, -0.05) is 11.3 Å². The third-order valence-corrected chi connectivity index (χ3v) is 3.28. The van der Waals surface area contributed by atoms with Crippen LogP contribution in [0.15, 0.2) is 12.1 Å². The number of thiophene rings is 1. The summed E-state index contributed by atoms with van der Waals surface area (Å²) in [5, 5.41) is 29.7. The first-order valence-corrected chi connectivity index (χ1v) is 6.12. The maximum Gasteiger partial charge on any atom is 0.326 e. The van der Waals surface area contributed by atoms with Crippen LogP contribution < -0.4 is 5.32 Å². The zero-order valence-electron chi connectivity index (χ0n) is 9.94. The molecular weight excluding hydrogens is 292 g/mol. The summed E-state index contributed by atoms with van der Waals surface area (Å²) < 4.78 is 0. The normalized spacial score (nSPS) is 11.6. The number of carbonyl (C=O) groups excluding carboxylic acids is 1. The molecule has 9 nitrogen and oxygen atoms in total. The van der Waals surface area contributed by atoms with Crippen LogP contribution >= 0.6 is 11.3 Å². The lowest BCUT2D eigenvalue weighted by Gasteiger charge is -2.12. The van der Waals surface area contributed by atoms with Gasteiger partial charge in [-0.2, -0.15) is 0 Å². The van der Waals surface area contributed by atoms with Crippen molar-refractivity contribution in [1.29, 1.82) is 0 Å². The molecule has 0 aromatic carbocycles. The van der Waals surface area contributed by atoms with Gasteiger partial charge in [-0.3, -0.25) is 19.7 Å². The summed E-state index contributed by atoms with van der Waals surface area (Å²) in [7, 11) is 0. The smallest absolute Gasteiger partial charge is 0.326 e. The highest BCUT2D eigenvalue weighted by Gasteiger charge is 2.23.